The van der Waals surface area contributed by atoms with Crippen LogP contribution < -0.4 is 14.4 Å². The highest BCUT2D eigenvalue weighted by Gasteiger charge is 2.36. The molecule has 0 N–H and O–H groups in total. The first-order valence-electron chi connectivity index (χ1n) is 9.33. The molecule has 2 heterocycles. The van der Waals surface area contributed by atoms with Crippen LogP contribution in [0.5, 0.6) is 11.5 Å². The highest BCUT2D eigenvalue weighted by Crippen LogP contribution is 2.37. The van der Waals surface area contributed by atoms with E-state index >= 15 is 0 Å². The third-order valence-electron chi connectivity index (χ3n) is 5.07. The normalized spacial score (nSPS) is 16.6. The first-order chi connectivity index (χ1) is 14.8. The van der Waals surface area contributed by atoms with Crippen molar-refractivity contribution in [2.45, 2.75) is 18.5 Å². The number of rotatable bonds is 5. The molecule has 10 heteroatoms. The summed E-state index contributed by atoms with van der Waals surface area (Å²) >= 11 is 0. The Morgan fingerprint density at radius 1 is 1.06 bits per heavy atom. The second-order valence-electron chi connectivity index (χ2n) is 6.98. The van der Waals surface area contributed by atoms with Crippen molar-refractivity contribution in [1.82, 2.24) is 10.1 Å². The van der Waals surface area contributed by atoms with Crippen molar-refractivity contribution in [2.24, 2.45) is 0 Å². The van der Waals surface area contributed by atoms with Crippen LogP contribution in [0.1, 0.15) is 23.8 Å². The maximum atomic E-state index is 12.7. The van der Waals surface area contributed by atoms with E-state index in [0.29, 0.717) is 29.3 Å². The van der Waals surface area contributed by atoms with Crippen LogP contribution >= 0.6 is 0 Å². The summed E-state index contributed by atoms with van der Waals surface area (Å²) in [6.45, 7) is 0.322. The molecule has 1 aliphatic rings. The largest absolute Gasteiger partial charge is 0.493 e. The van der Waals surface area contributed by atoms with Crippen LogP contribution in [0.4, 0.5) is 18.9 Å². The predicted molar refractivity (Wildman–Crippen MR) is 104 cm³/mol. The van der Waals surface area contributed by atoms with Crippen molar-refractivity contribution >= 4 is 11.6 Å². The van der Waals surface area contributed by atoms with Crippen molar-refractivity contribution in [3.63, 3.8) is 0 Å². The fourth-order valence-electron chi connectivity index (χ4n) is 3.44. The number of methoxy groups -OCH3 is 2. The van der Waals surface area contributed by atoms with Gasteiger partial charge < -0.3 is 18.9 Å². The molecule has 1 aliphatic heterocycles. The Kier molecular flexibility index (Phi) is 5.30. The van der Waals surface area contributed by atoms with Gasteiger partial charge in [0.25, 0.3) is 0 Å². The highest BCUT2D eigenvalue weighted by molar-refractivity contribution is 5.96. The van der Waals surface area contributed by atoms with Gasteiger partial charge in [0.1, 0.15) is 0 Å². The topological polar surface area (TPSA) is 77.7 Å². The summed E-state index contributed by atoms with van der Waals surface area (Å²) in [5.41, 5.74) is 0.281. The number of benzene rings is 2. The minimum Gasteiger partial charge on any atom is -0.493 e. The van der Waals surface area contributed by atoms with Gasteiger partial charge in [0.2, 0.25) is 17.6 Å². The van der Waals surface area contributed by atoms with E-state index in [1.54, 1.807) is 23.1 Å². The Labute approximate surface area is 175 Å². The zero-order valence-corrected chi connectivity index (χ0v) is 16.6. The molecule has 1 atom stereocenters. The van der Waals surface area contributed by atoms with E-state index in [1.165, 1.54) is 26.4 Å². The Balaban J connectivity index is 1.52. The fraction of sp³-hybridized carbons (Fsp3) is 0.286. The number of aromatic nitrogens is 2. The molecule has 31 heavy (non-hydrogen) atoms. The lowest BCUT2D eigenvalue weighted by Crippen LogP contribution is -2.24. The van der Waals surface area contributed by atoms with Crippen LogP contribution in [-0.4, -0.2) is 36.8 Å². The highest BCUT2D eigenvalue weighted by atomic mass is 19.4. The average Bonchev–Trinajstić information content (AvgIpc) is 3.39. The Morgan fingerprint density at radius 3 is 2.42 bits per heavy atom. The van der Waals surface area contributed by atoms with Crippen LogP contribution in [0, 0.1) is 0 Å². The third-order valence-corrected chi connectivity index (χ3v) is 5.07. The molecule has 1 amide bonds. The SMILES string of the molecule is COc1ccc(N2C[C@H](c3nc(-c4ccc(C(F)(F)F)cc4)no3)CC2=O)cc1OC. The van der Waals surface area contributed by atoms with Crippen LogP contribution in [0.25, 0.3) is 11.4 Å². The molecule has 4 rings (SSSR count). The second-order valence-corrected chi connectivity index (χ2v) is 6.98. The zero-order chi connectivity index (χ0) is 22.2. The lowest BCUT2D eigenvalue weighted by atomic mass is 10.1. The van der Waals surface area contributed by atoms with Crippen LogP contribution in [0.15, 0.2) is 47.0 Å². The van der Waals surface area contributed by atoms with Gasteiger partial charge in [-0.05, 0) is 24.3 Å². The predicted octanol–water partition coefficient (Wildman–Crippen LogP) is 4.29. The van der Waals surface area contributed by atoms with Gasteiger partial charge in [-0.25, -0.2) is 0 Å². The second kappa shape index (κ2) is 7.93. The summed E-state index contributed by atoms with van der Waals surface area (Å²) in [7, 11) is 3.04. The number of anilines is 1. The molecule has 0 spiro atoms. The molecule has 3 aromatic rings. The maximum absolute atomic E-state index is 12.7. The first kappa shape index (κ1) is 20.7. The molecule has 1 saturated heterocycles. The lowest BCUT2D eigenvalue weighted by molar-refractivity contribution is -0.137. The van der Waals surface area contributed by atoms with Gasteiger partial charge in [0.05, 0.1) is 25.7 Å². The van der Waals surface area contributed by atoms with Crippen molar-refractivity contribution in [2.75, 3.05) is 25.7 Å². The third kappa shape index (κ3) is 4.05. The molecular formula is C21H18F3N3O4. The number of alkyl halides is 3. The Morgan fingerprint density at radius 2 is 1.77 bits per heavy atom. The van der Waals surface area contributed by atoms with E-state index in [9.17, 15) is 18.0 Å². The summed E-state index contributed by atoms with van der Waals surface area (Å²) in [6.07, 6.45) is -4.25. The fourth-order valence-corrected chi connectivity index (χ4v) is 3.44. The Hall–Kier alpha value is -3.56. The molecule has 7 nitrogen and oxygen atoms in total. The van der Waals surface area contributed by atoms with Gasteiger partial charge in [0.15, 0.2) is 11.5 Å². The van der Waals surface area contributed by atoms with Gasteiger partial charge >= 0.3 is 6.18 Å². The number of hydrogen-bond donors (Lipinski definition) is 0. The van der Waals surface area contributed by atoms with Crippen molar-refractivity contribution in [1.29, 1.82) is 0 Å². The molecule has 0 unspecified atom stereocenters. The number of amides is 1. The minimum absolute atomic E-state index is 0.119. The van der Waals surface area contributed by atoms with E-state index in [1.807, 2.05) is 0 Å². The number of carbonyl (C=O) groups is 1. The molecule has 0 saturated carbocycles. The molecule has 162 valence electrons. The Bertz CT molecular complexity index is 1100. The zero-order valence-electron chi connectivity index (χ0n) is 16.6. The standard InChI is InChI=1S/C21H18F3N3O4/c1-29-16-8-7-15(10-17(16)30-2)27-11-13(9-18(27)28)20-25-19(26-31-20)12-3-5-14(6-4-12)21(22,23)24/h3-8,10,13H,9,11H2,1-2H3/t13-/m1/s1. The molecule has 0 bridgehead atoms. The lowest BCUT2D eigenvalue weighted by Gasteiger charge is -2.18. The summed E-state index contributed by atoms with van der Waals surface area (Å²) in [5, 5.41) is 3.86. The molecular weight excluding hydrogens is 415 g/mol. The van der Waals surface area contributed by atoms with Gasteiger partial charge in [-0.2, -0.15) is 18.2 Å². The summed E-state index contributed by atoms with van der Waals surface area (Å²) in [4.78, 5) is 18.5. The number of nitrogens with zero attached hydrogens (tertiary/aromatic N) is 3. The quantitative estimate of drug-likeness (QED) is 0.597. The van der Waals surface area contributed by atoms with Crippen molar-refractivity contribution < 1.29 is 32.0 Å². The van der Waals surface area contributed by atoms with E-state index in [2.05, 4.69) is 10.1 Å². The molecule has 2 aromatic carbocycles. The van der Waals surface area contributed by atoms with E-state index in [0.717, 1.165) is 12.1 Å². The number of hydrogen-bond acceptors (Lipinski definition) is 6. The van der Waals surface area contributed by atoms with Crippen molar-refractivity contribution in [3.8, 4) is 22.9 Å². The van der Waals surface area contributed by atoms with Crippen LogP contribution in [-0.2, 0) is 11.0 Å². The molecule has 0 radical (unpaired) electrons. The minimum atomic E-state index is -4.42. The van der Waals surface area contributed by atoms with Crippen molar-refractivity contribution in [3.05, 3.63) is 53.9 Å². The number of halogens is 3. The number of carbonyl (C=O) groups excluding carboxylic acids is 1. The van der Waals surface area contributed by atoms with Gasteiger partial charge in [-0.15, -0.1) is 0 Å². The monoisotopic (exact) mass is 433 g/mol. The van der Waals surface area contributed by atoms with Crippen LogP contribution in [0.2, 0.25) is 0 Å². The summed E-state index contributed by atoms with van der Waals surface area (Å²) < 4.78 is 54.0. The molecule has 1 aromatic heterocycles. The van der Waals surface area contributed by atoms with Gasteiger partial charge in [0, 0.05) is 30.3 Å². The van der Waals surface area contributed by atoms with E-state index < -0.39 is 11.7 Å². The summed E-state index contributed by atoms with van der Waals surface area (Å²) in [6, 6.07) is 9.67. The first-order valence-corrected chi connectivity index (χ1v) is 9.33. The van der Waals surface area contributed by atoms with E-state index in [4.69, 9.17) is 14.0 Å². The smallest absolute Gasteiger partial charge is 0.416 e. The number of ether oxygens (including phenoxy) is 2. The summed E-state index contributed by atoms with van der Waals surface area (Å²) in [5.74, 6) is 1.01. The van der Waals surface area contributed by atoms with E-state index in [-0.39, 0.29) is 30.0 Å². The molecule has 1 fully saturated rings. The maximum Gasteiger partial charge on any atom is 0.416 e. The van der Waals surface area contributed by atoms with Gasteiger partial charge in [-0.1, -0.05) is 17.3 Å². The average molecular weight is 433 g/mol. The molecule has 0 aliphatic carbocycles. The van der Waals surface area contributed by atoms with Gasteiger partial charge in [-0.3, -0.25) is 4.79 Å². The van der Waals surface area contributed by atoms with Crippen LogP contribution in [0.3, 0.4) is 0 Å².